The maximum atomic E-state index is 13.0. The molecule has 3 rings (SSSR count). The normalized spacial score (nSPS) is 17.1. The molecular formula is C20H26ClN3O3S. The third kappa shape index (κ3) is 5.11. The molecule has 1 heterocycles. The summed E-state index contributed by atoms with van der Waals surface area (Å²) in [5, 5.41) is 3.25. The number of nitrogens with zero attached hydrogens (tertiary/aromatic N) is 1. The van der Waals surface area contributed by atoms with E-state index in [1.807, 2.05) is 44.2 Å². The summed E-state index contributed by atoms with van der Waals surface area (Å²) in [5.41, 5.74) is 2.08. The van der Waals surface area contributed by atoms with Gasteiger partial charge in [0.05, 0.1) is 4.90 Å². The molecule has 0 spiro atoms. The number of benzene rings is 2. The zero-order valence-corrected chi connectivity index (χ0v) is 17.6. The highest BCUT2D eigenvalue weighted by Crippen LogP contribution is 2.19. The number of hydrogen-bond donors (Lipinski definition) is 2. The number of sulfonamides is 1. The van der Waals surface area contributed by atoms with Gasteiger partial charge in [0.15, 0.2) is 0 Å². The van der Waals surface area contributed by atoms with E-state index in [9.17, 15) is 13.2 Å². The van der Waals surface area contributed by atoms with Gasteiger partial charge in [-0.15, -0.1) is 12.4 Å². The second kappa shape index (κ2) is 9.52. The summed E-state index contributed by atoms with van der Waals surface area (Å²) in [4.78, 5) is 14.9. The molecule has 0 aromatic heterocycles. The van der Waals surface area contributed by atoms with E-state index < -0.39 is 10.0 Å². The minimum absolute atomic E-state index is 0. The van der Waals surface area contributed by atoms with Crippen LogP contribution in [0.15, 0.2) is 53.4 Å². The molecule has 6 nitrogen and oxygen atoms in total. The largest absolute Gasteiger partial charge is 0.333 e. The number of carbonyl (C=O) groups excluding carboxylic acids is 1. The van der Waals surface area contributed by atoms with Crippen molar-refractivity contribution in [2.75, 3.05) is 19.6 Å². The van der Waals surface area contributed by atoms with Gasteiger partial charge in [0.25, 0.3) is 5.91 Å². The van der Waals surface area contributed by atoms with Crippen molar-refractivity contribution in [3.63, 3.8) is 0 Å². The van der Waals surface area contributed by atoms with Gasteiger partial charge in [-0.2, -0.15) is 0 Å². The summed E-state index contributed by atoms with van der Waals surface area (Å²) in [7, 11) is -3.71. The van der Waals surface area contributed by atoms with Crippen LogP contribution in [0.3, 0.4) is 0 Å². The lowest BCUT2D eigenvalue weighted by atomic mass is 10.1. The summed E-state index contributed by atoms with van der Waals surface area (Å²) in [5.74, 6) is -0.124. The van der Waals surface area contributed by atoms with Crippen molar-refractivity contribution < 1.29 is 13.2 Å². The number of carbonyl (C=O) groups is 1. The first-order valence-electron chi connectivity index (χ1n) is 9.04. The van der Waals surface area contributed by atoms with Crippen LogP contribution in [0.2, 0.25) is 0 Å². The first kappa shape index (κ1) is 22.4. The predicted molar refractivity (Wildman–Crippen MR) is 112 cm³/mol. The summed E-state index contributed by atoms with van der Waals surface area (Å²) < 4.78 is 28.0. The minimum Gasteiger partial charge on any atom is -0.333 e. The number of piperazine rings is 1. The van der Waals surface area contributed by atoms with Gasteiger partial charge in [-0.05, 0) is 37.1 Å². The van der Waals surface area contributed by atoms with E-state index in [0.717, 1.165) is 24.2 Å². The van der Waals surface area contributed by atoms with Crippen LogP contribution in [-0.4, -0.2) is 44.9 Å². The standard InChI is InChI=1S/C20H25N3O3S.ClH/c1-15-8-9-18(27(25,26)22-14-17-6-4-3-5-7-17)12-19(15)20(24)23-11-10-21-13-16(23)2;/h3-9,12,16,21-22H,10-11,13-14H2,1-2H3;1H/t16-;/m0./s1. The summed E-state index contributed by atoms with van der Waals surface area (Å²) >= 11 is 0. The first-order valence-corrected chi connectivity index (χ1v) is 10.5. The molecule has 1 fully saturated rings. The third-order valence-electron chi connectivity index (χ3n) is 4.82. The Bertz CT molecular complexity index is 920. The molecular weight excluding hydrogens is 398 g/mol. The number of halogens is 1. The Kier molecular flexibility index (Phi) is 7.60. The average molecular weight is 424 g/mol. The summed E-state index contributed by atoms with van der Waals surface area (Å²) in [6, 6.07) is 14.1. The molecule has 2 aromatic rings. The molecule has 1 aliphatic heterocycles. The molecule has 28 heavy (non-hydrogen) atoms. The van der Waals surface area contributed by atoms with E-state index in [1.54, 1.807) is 17.0 Å². The van der Waals surface area contributed by atoms with Crippen molar-refractivity contribution in [1.82, 2.24) is 14.9 Å². The second-order valence-corrected chi connectivity index (χ2v) is 8.61. The van der Waals surface area contributed by atoms with Gasteiger partial charge in [-0.3, -0.25) is 4.79 Å². The highest BCUT2D eigenvalue weighted by Gasteiger charge is 2.26. The molecule has 8 heteroatoms. The molecule has 152 valence electrons. The van der Waals surface area contributed by atoms with E-state index in [2.05, 4.69) is 10.0 Å². The van der Waals surface area contributed by atoms with E-state index in [4.69, 9.17) is 0 Å². The van der Waals surface area contributed by atoms with Crippen LogP contribution in [0.25, 0.3) is 0 Å². The molecule has 0 bridgehead atoms. The van der Waals surface area contributed by atoms with Crippen LogP contribution >= 0.6 is 12.4 Å². The second-order valence-electron chi connectivity index (χ2n) is 6.84. The zero-order chi connectivity index (χ0) is 19.4. The summed E-state index contributed by atoms with van der Waals surface area (Å²) in [6.45, 7) is 6.11. The van der Waals surface area contributed by atoms with E-state index in [0.29, 0.717) is 12.1 Å². The van der Waals surface area contributed by atoms with Gasteiger partial charge in [-0.1, -0.05) is 36.4 Å². The molecule has 1 aliphatic rings. The number of nitrogens with one attached hydrogen (secondary N) is 2. The Morgan fingerprint density at radius 1 is 1.21 bits per heavy atom. The maximum absolute atomic E-state index is 13.0. The molecule has 1 atom stereocenters. The molecule has 1 saturated heterocycles. The number of amides is 1. The molecule has 2 aromatic carbocycles. The van der Waals surface area contributed by atoms with Crippen LogP contribution in [0, 0.1) is 6.92 Å². The Morgan fingerprint density at radius 2 is 1.93 bits per heavy atom. The van der Waals surface area contributed by atoms with Gasteiger partial charge in [0, 0.05) is 37.8 Å². The van der Waals surface area contributed by atoms with Crippen molar-refractivity contribution in [2.45, 2.75) is 31.3 Å². The number of rotatable bonds is 5. The summed E-state index contributed by atoms with van der Waals surface area (Å²) in [6.07, 6.45) is 0. The highest BCUT2D eigenvalue weighted by molar-refractivity contribution is 7.89. The van der Waals surface area contributed by atoms with E-state index in [1.165, 1.54) is 6.07 Å². The van der Waals surface area contributed by atoms with Gasteiger partial charge in [-0.25, -0.2) is 13.1 Å². The monoisotopic (exact) mass is 423 g/mol. The predicted octanol–water partition coefficient (Wildman–Crippen LogP) is 2.33. The van der Waals surface area contributed by atoms with Gasteiger partial charge in [0.2, 0.25) is 10.0 Å². The highest BCUT2D eigenvalue weighted by atomic mass is 35.5. The lowest BCUT2D eigenvalue weighted by molar-refractivity contribution is 0.0654. The van der Waals surface area contributed by atoms with Crippen molar-refractivity contribution >= 4 is 28.3 Å². The lowest BCUT2D eigenvalue weighted by Gasteiger charge is -2.34. The fourth-order valence-corrected chi connectivity index (χ4v) is 4.20. The Labute approximate surface area is 172 Å². The van der Waals surface area contributed by atoms with Gasteiger partial charge < -0.3 is 10.2 Å². The topological polar surface area (TPSA) is 78.5 Å². The van der Waals surface area contributed by atoms with Crippen molar-refractivity contribution in [2.24, 2.45) is 0 Å². The van der Waals surface area contributed by atoms with E-state index in [-0.39, 0.29) is 35.8 Å². The van der Waals surface area contributed by atoms with Gasteiger partial charge in [0.1, 0.15) is 0 Å². The zero-order valence-electron chi connectivity index (χ0n) is 16.0. The molecule has 0 unspecified atom stereocenters. The van der Waals surface area contributed by atoms with E-state index >= 15 is 0 Å². The van der Waals surface area contributed by atoms with Crippen molar-refractivity contribution in [1.29, 1.82) is 0 Å². The lowest BCUT2D eigenvalue weighted by Crippen LogP contribution is -2.52. The van der Waals surface area contributed by atoms with Crippen LogP contribution in [-0.2, 0) is 16.6 Å². The Morgan fingerprint density at radius 3 is 2.61 bits per heavy atom. The van der Waals surface area contributed by atoms with Crippen LogP contribution in [0.4, 0.5) is 0 Å². The quantitative estimate of drug-likeness (QED) is 0.773. The molecule has 1 amide bonds. The average Bonchev–Trinajstić information content (AvgIpc) is 2.67. The van der Waals surface area contributed by atoms with Crippen molar-refractivity contribution in [3.8, 4) is 0 Å². The van der Waals surface area contributed by atoms with Crippen LogP contribution in [0.1, 0.15) is 28.4 Å². The van der Waals surface area contributed by atoms with Crippen molar-refractivity contribution in [3.05, 3.63) is 65.2 Å². The fourth-order valence-electron chi connectivity index (χ4n) is 3.15. The third-order valence-corrected chi connectivity index (χ3v) is 6.22. The first-order chi connectivity index (χ1) is 12.9. The molecule has 0 aliphatic carbocycles. The fraction of sp³-hybridized carbons (Fsp3) is 0.350. The minimum atomic E-state index is -3.71. The van der Waals surface area contributed by atoms with Gasteiger partial charge >= 0.3 is 0 Å². The Hall–Kier alpha value is -1.93. The maximum Gasteiger partial charge on any atom is 0.254 e. The number of aryl methyl sites for hydroxylation is 1. The van der Waals surface area contributed by atoms with Crippen LogP contribution < -0.4 is 10.0 Å². The Balaban J connectivity index is 0.00000280. The van der Waals surface area contributed by atoms with Crippen LogP contribution in [0.5, 0.6) is 0 Å². The number of hydrogen-bond acceptors (Lipinski definition) is 4. The SMILES string of the molecule is Cc1ccc(S(=O)(=O)NCc2ccccc2)cc1C(=O)N1CCNC[C@@H]1C.Cl. The molecule has 0 saturated carbocycles. The molecule has 0 radical (unpaired) electrons. The smallest absolute Gasteiger partial charge is 0.254 e. The molecule has 2 N–H and O–H groups in total.